The number of carboxylic acids is 1. The van der Waals surface area contributed by atoms with Crippen LogP contribution in [0.4, 0.5) is 0 Å². The van der Waals surface area contributed by atoms with Crippen LogP contribution in [0.3, 0.4) is 0 Å². The number of phenolic OH excluding ortho intramolecular Hbond substituents is 1. The van der Waals surface area contributed by atoms with Crippen molar-refractivity contribution < 1.29 is 24.6 Å². The van der Waals surface area contributed by atoms with Crippen molar-refractivity contribution in [3.8, 4) is 5.75 Å². The van der Waals surface area contributed by atoms with Gasteiger partial charge in [0.05, 0.1) is 18.4 Å². The summed E-state index contributed by atoms with van der Waals surface area (Å²) in [5.74, 6) is -3.84. The minimum Gasteiger partial charge on any atom is -0.507 e. The molecule has 3 aromatic carbocycles. The molecule has 0 bridgehead atoms. The number of aliphatic carboxylic acids is 1. The average molecular weight is 485 g/mol. The van der Waals surface area contributed by atoms with Crippen LogP contribution in [0.2, 0.25) is 0 Å². The summed E-state index contributed by atoms with van der Waals surface area (Å²) in [6.45, 7) is 3.61. The predicted octanol–water partition coefficient (Wildman–Crippen LogP) is 3.52. The second kappa shape index (κ2) is 8.91. The zero-order valence-electron chi connectivity index (χ0n) is 20.1. The lowest BCUT2D eigenvalue weighted by Gasteiger charge is -2.31. The lowest BCUT2D eigenvalue weighted by Crippen LogP contribution is -2.57. The van der Waals surface area contributed by atoms with Crippen LogP contribution in [0.1, 0.15) is 33.9 Å². The van der Waals surface area contributed by atoms with Crippen LogP contribution < -0.4 is 5.32 Å². The lowest BCUT2D eigenvalue weighted by molar-refractivity contribution is -0.151. The molecule has 184 valence electrons. The van der Waals surface area contributed by atoms with Gasteiger partial charge in [-0.05, 0) is 41.7 Å². The number of benzene rings is 3. The van der Waals surface area contributed by atoms with Gasteiger partial charge < -0.3 is 10.2 Å². The molecule has 0 aliphatic carbocycles. The van der Waals surface area contributed by atoms with E-state index in [1.165, 1.54) is 4.90 Å². The van der Waals surface area contributed by atoms with E-state index in [4.69, 9.17) is 0 Å². The van der Waals surface area contributed by atoms with E-state index >= 15 is 0 Å². The summed E-state index contributed by atoms with van der Waals surface area (Å²) >= 11 is 0. The van der Waals surface area contributed by atoms with Crippen molar-refractivity contribution in [1.29, 1.82) is 0 Å². The summed E-state index contributed by atoms with van der Waals surface area (Å²) in [7, 11) is 0. The Kier molecular flexibility index (Phi) is 5.88. The summed E-state index contributed by atoms with van der Waals surface area (Å²) < 4.78 is 0. The molecule has 2 aliphatic rings. The van der Waals surface area contributed by atoms with Gasteiger partial charge in [0.15, 0.2) is 0 Å². The third-order valence-electron chi connectivity index (χ3n) is 7.51. The maximum Gasteiger partial charge on any atom is 0.325 e. The Morgan fingerprint density at radius 1 is 0.917 bits per heavy atom. The Hall–Kier alpha value is -3.97. The van der Waals surface area contributed by atoms with Gasteiger partial charge >= 0.3 is 5.97 Å². The molecule has 2 aliphatic heterocycles. The summed E-state index contributed by atoms with van der Waals surface area (Å²) in [4.78, 5) is 41.8. The van der Waals surface area contributed by atoms with E-state index in [2.05, 4.69) is 5.32 Å². The molecule has 0 saturated carbocycles. The Labute approximate surface area is 209 Å². The molecule has 7 nitrogen and oxygen atoms in total. The van der Waals surface area contributed by atoms with Gasteiger partial charge in [-0.25, -0.2) is 0 Å². The first-order chi connectivity index (χ1) is 17.2. The minimum absolute atomic E-state index is 0.0507. The Bertz CT molecular complexity index is 1320. The molecular weight excluding hydrogens is 456 g/mol. The summed E-state index contributed by atoms with van der Waals surface area (Å²) in [5.41, 5.74) is 1.80. The number of fused-ring (bicyclic) bond motifs is 1. The summed E-state index contributed by atoms with van der Waals surface area (Å²) in [6.07, 6.45) is 0.0507. The molecule has 0 aromatic heterocycles. The van der Waals surface area contributed by atoms with Crippen molar-refractivity contribution in [3.05, 3.63) is 101 Å². The number of carboxylic acid groups (broad SMARTS) is 1. The standard InChI is InChI=1S/C29H28N2O5/c1-17-13-21(14-18(2)25(17)32)24-22-23(27(34)31(26(22)33)16-20-11-7-4-8-12-20)29(30-24,28(35)36)15-19-9-5-3-6-10-19/h3-14,22-24,30,32H,15-16H2,1-2H3,(H,35,36). The van der Waals surface area contributed by atoms with Crippen molar-refractivity contribution in [2.75, 3.05) is 0 Å². The van der Waals surface area contributed by atoms with E-state index in [-0.39, 0.29) is 24.6 Å². The van der Waals surface area contributed by atoms with Gasteiger partial charge in [0.2, 0.25) is 11.8 Å². The number of imide groups is 1. The number of likely N-dealkylation sites (tertiary alicyclic amines) is 1. The summed E-state index contributed by atoms with van der Waals surface area (Å²) in [6, 6.07) is 21.2. The van der Waals surface area contributed by atoms with Gasteiger partial charge in [0.1, 0.15) is 11.3 Å². The molecule has 7 heteroatoms. The van der Waals surface area contributed by atoms with E-state index in [9.17, 15) is 24.6 Å². The van der Waals surface area contributed by atoms with Crippen LogP contribution in [0, 0.1) is 25.7 Å². The SMILES string of the molecule is Cc1cc(C2NC(Cc3ccccc3)(C(=O)O)C3C(=O)N(Cc4ccccc4)C(=O)C23)cc(C)c1O. The number of nitrogens with one attached hydrogen (secondary N) is 1. The van der Waals surface area contributed by atoms with Crippen molar-refractivity contribution in [2.24, 2.45) is 11.8 Å². The van der Waals surface area contributed by atoms with Crippen molar-refractivity contribution in [2.45, 2.75) is 38.4 Å². The third-order valence-corrected chi connectivity index (χ3v) is 7.51. The van der Waals surface area contributed by atoms with Gasteiger partial charge in [-0.15, -0.1) is 0 Å². The number of carbonyl (C=O) groups excluding carboxylic acids is 2. The monoisotopic (exact) mass is 484 g/mol. The highest BCUT2D eigenvalue weighted by Gasteiger charge is 2.68. The number of amides is 2. The largest absolute Gasteiger partial charge is 0.507 e. The Morgan fingerprint density at radius 3 is 2.03 bits per heavy atom. The maximum atomic E-state index is 13.8. The predicted molar refractivity (Wildman–Crippen MR) is 133 cm³/mol. The van der Waals surface area contributed by atoms with E-state index < -0.39 is 35.3 Å². The highest BCUT2D eigenvalue weighted by atomic mass is 16.4. The fraction of sp³-hybridized carbons (Fsp3) is 0.276. The fourth-order valence-corrected chi connectivity index (χ4v) is 5.79. The van der Waals surface area contributed by atoms with Gasteiger partial charge in [0, 0.05) is 12.5 Å². The topological polar surface area (TPSA) is 107 Å². The van der Waals surface area contributed by atoms with Gasteiger partial charge in [-0.2, -0.15) is 0 Å². The van der Waals surface area contributed by atoms with Gasteiger partial charge in [-0.3, -0.25) is 24.6 Å². The highest BCUT2D eigenvalue weighted by molar-refractivity contribution is 6.09. The molecule has 3 aromatic rings. The van der Waals surface area contributed by atoms with Gasteiger partial charge in [0.25, 0.3) is 0 Å². The second-order valence-corrected chi connectivity index (χ2v) is 9.82. The van der Waals surface area contributed by atoms with Crippen molar-refractivity contribution in [3.63, 3.8) is 0 Å². The van der Waals surface area contributed by atoms with Crippen LogP contribution in [-0.2, 0) is 27.3 Å². The highest BCUT2D eigenvalue weighted by Crippen LogP contribution is 2.50. The molecular formula is C29H28N2O5. The lowest BCUT2D eigenvalue weighted by atomic mass is 9.76. The van der Waals surface area contributed by atoms with Crippen LogP contribution in [0.15, 0.2) is 72.8 Å². The number of phenols is 1. The molecule has 5 rings (SSSR count). The molecule has 2 saturated heterocycles. The van der Waals surface area contributed by atoms with E-state index in [0.717, 1.165) is 11.1 Å². The molecule has 0 spiro atoms. The number of hydrogen-bond donors (Lipinski definition) is 3. The van der Waals surface area contributed by atoms with E-state index in [0.29, 0.717) is 16.7 Å². The first-order valence-electron chi connectivity index (χ1n) is 12.0. The molecule has 2 amide bonds. The fourth-order valence-electron chi connectivity index (χ4n) is 5.79. The number of aryl methyl sites for hydroxylation is 2. The Morgan fingerprint density at radius 2 is 1.47 bits per heavy atom. The molecule has 36 heavy (non-hydrogen) atoms. The molecule has 2 heterocycles. The number of carbonyl (C=O) groups is 3. The first-order valence-corrected chi connectivity index (χ1v) is 12.0. The average Bonchev–Trinajstić information content (AvgIpc) is 3.33. The zero-order chi connectivity index (χ0) is 25.6. The zero-order valence-corrected chi connectivity index (χ0v) is 20.1. The normalized spacial score (nSPS) is 25.3. The van der Waals surface area contributed by atoms with Crippen LogP contribution >= 0.6 is 0 Å². The third kappa shape index (κ3) is 3.76. The summed E-state index contributed by atoms with van der Waals surface area (Å²) in [5, 5.41) is 24.1. The smallest absolute Gasteiger partial charge is 0.325 e. The minimum atomic E-state index is -1.67. The number of aromatic hydroxyl groups is 1. The molecule has 2 fully saturated rings. The molecule has 4 unspecified atom stereocenters. The number of hydrogen-bond acceptors (Lipinski definition) is 5. The van der Waals surface area contributed by atoms with Crippen LogP contribution in [0.25, 0.3) is 0 Å². The number of nitrogens with zero attached hydrogens (tertiary/aromatic N) is 1. The quantitative estimate of drug-likeness (QED) is 0.462. The van der Waals surface area contributed by atoms with E-state index in [1.807, 2.05) is 60.7 Å². The van der Waals surface area contributed by atoms with Crippen LogP contribution in [-0.4, -0.2) is 38.4 Å². The maximum absolute atomic E-state index is 13.8. The van der Waals surface area contributed by atoms with Crippen molar-refractivity contribution in [1.82, 2.24) is 10.2 Å². The van der Waals surface area contributed by atoms with Gasteiger partial charge in [-0.1, -0.05) is 72.8 Å². The first kappa shape index (κ1) is 23.8. The van der Waals surface area contributed by atoms with E-state index in [1.54, 1.807) is 26.0 Å². The number of rotatable bonds is 6. The second-order valence-electron chi connectivity index (χ2n) is 9.82. The molecule has 4 atom stereocenters. The Balaban J connectivity index is 1.63. The van der Waals surface area contributed by atoms with Crippen LogP contribution in [0.5, 0.6) is 5.75 Å². The molecule has 3 N–H and O–H groups in total. The van der Waals surface area contributed by atoms with Crippen molar-refractivity contribution >= 4 is 17.8 Å². The molecule has 0 radical (unpaired) electrons.